The van der Waals surface area contributed by atoms with Crippen molar-refractivity contribution in [3.05, 3.63) is 29.8 Å². The van der Waals surface area contributed by atoms with E-state index in [1.54, 1.807) is 19.1 Å². The maximum atomic E-state index is 12.0. The van der Waals surface area contributed by atoms with Crippen LogP contribution in [0.4, 0.5) is 13.2 Å². The van der Waals surface area contributed by atoms with Gasteiger partial charge in [-0.2, -0.15) is 0 Å². The Morgan fingerprint density at radius 2 is 1.89 bits per heavy atom. The Morgan fingerprint density at radius 1 is 1.26 bits per heavy atom. The van der Waals surface area contributed by atoms with Crippen molar-refractivity contribution in [2.45, 2.75) is 32.7 Å². The Bertz CT molecular complexity index is 442. The molecule has 104 valence electrons. The summed E-state index contributed by atoms with van der Waals surface area (Å²) < 4.78 is 39.8. The molecular formula is C14H16F3NO. The van der Waals surface area contributed by atoms with E-state index >= 15 is 0 Å². The number of rotatable bonds is 5. The van der Waals surface area contributed by atoms with E-state index in [2.05, 4.69) is 21.9 Å². The summed E-state index contributed by atoms with van der Waals surface area (Å²) in [4.78, 5) is 0. The Morgan fingerprint density at radius 3 is 2.42 bits per heavy atom. The lowest BCUT2D eigenvalue weighted by Crippen LogP contribution is -2.20. The van der Waals surface area contributed by atoms with Crippen LogP contribution in [0.1, 0.15) is 31.9 Å². The van der Waals surface area contributed by atoms with Crippen molar-refractivity contribution in [2.24, 2.45) is 0 Å². The molecular weight excluding hydrogens is 255 g/mol. The highest BCUT2D eigenvalue weighted by atomic mass is 19.4. The van der Waals surface area contributed by atoms with Crippen molar-refractivity contribution >= 4 is 0 Å². The Kier molecular flexibility index (Phi) is 5.71. The molecule has 19 heavy (non-hydrogen) atoms. The molecule has 0 aliphatic heterocycles. The minimum atomic E-state index is -4.65. The fourth-order valence-electron chi connectivity index (χ4n) is 1.55. The molecule has 1 aromatic carbocycles. The smallest absolute Gasteiger partial charge is 0.406 e. The van der Waals surface area contributed by atoms with E-state index in [0.717, 1.165) is 18.5 Å². The zero-order valence-corrected chi connectivity index (χ0v) is 10.8. The third-order valence-corrected chi connectivity index (χ3v) is 2.49. The van der Waals surface area contributed by atoms with Gasteiger partial charge in [0.25, 0.3) is 0 Å². The summed E-state index contributed by atoms with van der Waals surface area (Å²) in [7, 11) is 0. The average Bonchev–Trinajstić information content (AvgIpc) is 2.33. The average molecular weight is 271 g/mol. The molecule has 0 amide bonds. The van der Waals surface area contributed by atoms with E-state index in [9.17, 15) is 13.2 Å². The lowest BCUT2D eigenvalue weighted by Gasteiger charge is -2.14. The van der Waals surface area contributed by atoms with Gasteiger partial charge in [-0.3, -0.25) is 0 Å². The van der Waals surface area contributed by atoms with Crippen molar-refractivity contribution in [3.8, 4) is 17.6 Å². The fraction of sp³-hybridized carbons (Fsp3) is 0.429. The number of halogens is 3. The number of alkyl halides is 3. The van der Waals surface area contributed by atoms with Crippen molar-refractivity contribution < 1.29 is 17.9 Å². The fourth-order valence-corrected chi connectivity index (χ4v) is 1.55. The van der Waals surface area contributed by atoms with Crippen LogP contribution in [-0.2, 0) is 0 Å². The lowest BCUT2D eigenvalue weighted by atomic mass is 10.1. The SMILES string of the molecule is CC#CCCNC(C)c1ccc(OC(F)(F)F)cc1. The molecule has 0 fully saturated rings. The Balaban J connectivity index is 2.52. The molecule has 0 spiro atoms. The quantitative estimate of drug-likeness (QED) is 0.652. The van der Waals surface area contributed by atoms with Gasteiger partial charge in [0.15, 0.2) is 0 Å². The molecule has 0 aromatic heterocycles. The highest BCUT2D eigenvalue weighted by molar-refractivity contribution is 5.29. The molecule has 1 atom stereocenters. The first-order valence-electron chi connectivity index (χ1n) is 5.91. The van der Waals surface area contributed by atoms with Gasteiger partial charge in [-0.25, -0.2) is 0 Å². The van der Waals surface area contributed by atoms with E-state index in [0.29, 0.717) is 0 Å². The molecule has 0 saturated carbocycles. The monoisotopic (exact) mass is 271 g/mol. The zero-order chi connectivity index (χ0) is 14.3. The molecule has 1 aromatic rings. The lowest BCUT2D eigenvalue weighted by molar-refractivity contribution is -0.274. The number of benzene rings is 1. The topological polar surface area (TPSA) is 21.3 Å². The Hall–Kier alpha value is -1.67. The van der Waals surface area contributed by atoms with E-state index < -0.39 is 6.36 Å². The zero-order valence-electron chi connectivity index (χ0n) is 10.8. The van der Waals surface area contributed by atoms with Crippen molar-refractivity contribution in [3.63, 3.8) is 0 Å². The predicted molar refractivity (Wildman–Crippen MR) is 67.6 cm³/mol. The third kappa shape index (κ3) is 6.16. The summed E-state index contributed by atoms with van der Waals surface area (Å²) in [5.41, 5.74) is 0.902. The first-order chi connectivity index (χ1) is 8.92. The third-order valence-electron chi connectivity index (χ3n) is 2.49. The van der Waals surface area contributed by atoms with Crippen LogP contribution in [0.5, 0.6) is 5.75 Å². The molecule has 1 unspecified atom stereocenters. The van der Waals surface area contributed by atoms with Gasteiger partial charge in [0, 0.05) is 19.0 Å². The minimum absolute atomic E-state index is 0.0543. The van der Waals surface area contributed by atoms with E-state index in [-0.39, 0.29) is 11.8 Å². The minimum Gasteiger partial charge on any atom is -0.406 e. The van der Waals surface area contributed by atoms with Gasteiger partial charge in [-0.1, -0.05) is 12.1 Å². The second-order valence-electron chi connectivity index (χ2n) is 3.97. The van der Waals surface area contributed by atoms with Gasteiger partial charge in [-0.15, -0.1) is 25.0 Å². The van der Waals surface area contributed by atoms with Crippen LogP contribution in [0.25, 0.3) is 0 Å². The molecule has 0 aliphatic carbocycles. The van der Waals surface area contributed by atoms with Crippen LogP contribution in [0, 0.1) is 11.8 Å². The van der Waals surface area contributed by atoms with Crippen LogP contribution in [-0.4, -0.2) is 12.9 Å². The second-order valence-corrected chi connectivity index (χ2v) is 3.97. The first-order valence-corrected chi connectivity index (χ1v) is 5.91. The normalized spacial score (nSPS) is 12.5. The van der Waals surface area contributed by atoms with Crippen LogP contribution >= 0.6 is 0 Å². The van der Waals surface area contributed by atoms with Gasteiger partial charge in [-0.05, 0) is 31.5 Å². The summed E-state index contributed by atoms with van der Waals surface area (Å²) in [6.07, 6.45) is -3.90. The van der Waals surface area contributed by atoms with E-state index in [1.807, 2.05) is 6.92 Å². The van der Waals surface area contributed by atoms with Crippen molar-refractivity contribution in [2.75, 3.05) is 6.54 Å². The molecule has 0 heterocycles. The Labute approximate surface area is 111 Å². The molecule has 0 radical (unpaired) electrons. The molecule has 0 saturated heterocycles. The first kappa shape index (κ1) is 15.4. The molecule has 2 nitrogen and oxygen atoms in total. The largest absolute Gasteiger partial charge is 0.573 e. The van der Waals surface area contributed by atoms with Gasteiger partial charge in [0.05, 0.1) is 0 Å². The summed E-state index contributed by atoms with van der Waals surface area (Å²) in [6.45, 7) is 4.46. The van der Waals surface area contributed by atoms with Crippen LogP contribution < -0.4 is 10.1 Å². The maximum Gasteiger partial charge on any atom is 0.573 e. The van der Waals surface area contributed by atoms with Crippen molar-refractivity contribution in [1.82, 2.24) is 5.32 Å². The van der Waals surface area contributed by atoms with Crippen LogP contribution in [0.15, 0.2) is 24.3 Å². The predicted octanol–water partition coefficient (Wildman–Crippen LogP) is 3.65. The molecule has 1 N–H and O–H groups in total. The van der Waals surface area contributed by atoms with Gasteiger partial charge >= 0.3 is 6.36 Å². The molecule has 0 aliphatic rings. The number of hydrogen-bond acceptors (Lipinski definition) is 2. The summed E-state index contributed by atoms with van der Waals surface area (Å²) >= 11 is 0. The van der Waals surface area contributed by atoms with E-state index in [1.165, 1.54) is 12.1 Å². The maximum absolute atomic E-state index is 12.0. The second kappa shape index (κ2) is 7.05. The van der Waals surface area contributed by atoms with Crippen LogP contribution in [0.3, 0.4) is 0 Å². The highest BCUT2D eigenvalue weighted by Gasteiger charge is 2.30. The van der Waals surface area contributed by atoms with E-state index in [4.69, 9.17) is 0 Å². The summed E-state index contributed by atoms with van der Waals surface area (Å²) in [5.74, 6) is 5.52. The standard InChI is InChI=1S/C14H16F3NO/c1-3-4-5-10-18-11(2)12-6-8-13(9-7-12)19-14(15,16)17/h6-9,11,18H,5,10H2,1-2H3. The molecule has 5 heteroatoms. The number of hydrogen-bond donors (Lipinski definition) is 1. The van der Waals surface area contributed by atoms with Gasteiger partial charge in [0.1, 0.15) is 5.75 Å². The van der Waals surface area contributed by atoms with Crippen LogP contribution in [0.2, 0.25) is 0 Å². The van der Waals surface area contributed by atoms with Gasteiger partial charge in [0.2, 0.25) is 0 Å². The number of nitrogens with one attached hydrogen (secondary N) is 1. The summed E-state index contributed by atoms with van der Waals surface area (Å²) in [5, 5.41) is 3.24. The molecule has 0 bridgehead atoms. The number of ether oxygens (including phenoxy) is 1. The van der Waals surface area contributed by atoms with Crippen molar-refractivity contribution in [1.29, 1.82) is 0 Å². The highest BCUT2D eigenvalue weighted by Crippen LogP contribution is 2.24. The summed E-state index contributed by atoms with van der Waals surface area (Å²) in [6, 6.07) is 5.91. The molecule has 1 rings (SSSR count). The van der Waals surface area contributed by atoms with Gasteiger partial charge < -0.3 is 10.1 Å².